The predicted octanol–water partition coefficient (Wildman–Crippen LogP) is 2.25. The number of amides is 2. The third-order valence-electron chi connectivity index (χ3n) is 4.97. The fraction of sp³-hybridized carbons (Fsp3) is 0.611. The van der Waals surface area contributed by atoms with E-state index in [0.717, 1.165) is 31.2 Å². The van der Waals surface area contributed by atoms with Gasteiger partial charge in [-0.15, -0.1) is 0 Å². The summed E-state index contributed by atoms with van der Waals surface area (Å²) in [6.07, 6.45) is 3.05. The van der Waals surface area contributed by atoms with Crippen molar-refractivity contribution >= 4 is 6.03 Å². The summed E-state index contributed by atoms with van der Waals surface area (Å²) in [5.41, 5.74) is 0.637. The summed E-state index contributed by atoms with van der Waals surface area (Å²) in [6, 6.07) is 10.2. The van der Waals surface area contributed by atoms with Gasteiger partial charge in [-0.1, -0.05) is 30.3 Å². The summed E-state index contributed by atoms with van der Waals surface area (Å²) in [5, 5.41) is 12.7. The van der Waals surface area contributed by atoms with E-state index in [1.165, 1.54) is 0 Å². The minimum Gasteiger partial charge on any atom is -0.393 e. The number of carbonyl (C=O) groups excluding carboxylic acids is 1. The summed E-state index contributed by atoms with van der Waals surface area (Å²) in [4.78, 5) is 14.4. The Balaban J connectivity index is 1.61. The van der Waals surface area contributed by atoms with Crippen molar-refractivity contribution < 1.29 is 14.6 Å². The van der Waals surface area contributed by atoms with Gasteiger partial charge in [0.2, 0.25) is 0 Å². The first-order valence-electron chi connectivity index (χ1n) is 8.50. The zero-order valence-electron chi connectivity index (χ0n) is 13.7. The maximum absolute atomic E-state index is 12.6. The number of aliphatic hydroxyl groups excluding tert-OH is 1. The van der Waals surface area contributed by atoms with Gasteiger partial charge in [0, 0.05) is 12.6 Å². The van der Waals surface area contributed by atoms with Gasteiger partial charge >= 0.3 is 6.03 Å². The van der Waals surface area contributed by atoms with Gasteiger partial charge in [-0.2, -0.15) is 0 Å². The number of benzene rings is 1. The van der Waals surface area contributed by atoms with Crippen molar-refractivity contribution in [2.45, 2.75) is 50.4 Å². The molecule has 5 nitrogen and oxygen atoms in total. The topological polar surface area (TPSA) is 61.8 Å². The number of aliphatic hydroxyl groups is 1. The zero-order valence-corrected chi connectivity index (χ0v) is 13.7. The fourth-order valence-electron chi connectivity index (χ4n) is 3.49. The van der Waals surface area contributed by atoms with Crippen LogP contribution in [0.5, 0.6) is 0 Å². The van der Waals surface area contributed by atoms with Gasteiger partial charge in [-0.05, 0) is 38.2 Å². The predicted molar refractivity (Wildman–Crippen MR) is 88.1 cm³/mol. The third kappa shape index (κ3) is 3.85. The molecule has 126 valence electrons. The molecule has 1 saturated carbocycles. The molecule has 1 aliphatic heterocycles. The number of nitrogens with one attached hydrogen (secondary N) is 1. The molecule has 23 heavy (non-hydrogen) atoms. The number of carbonyl (C=O) groups is 1. The van der Waals surface area contributed by atoms with Crippen LogP contribution in [0, 0.1) is 0 Å². The average molecular weight is 318 g/mol. The molecule has 1 aromatic rings. The van der Waals surface area contributed by atoms with Crippen LogP contribution in [0.15, 0.2) is 30.3 Å². The average Bonchev–Trinajstić information content (AvgIpc) is 2.58. The van der Waals surface area contributed by atoms with Crippen LogP contribution in [0.2, 0.25) is 0 Å². The van der Waals surface area contributed by atoms with Gasteiger partial charge in [-0.25, -0.2) is 4.79 Å². The van der Waals surface area contributed by atoms with Crippen molar-refractivity contribution in [3.63, 3.8) is 0 Å². The Labute approximate surface area is 137 Å². The number of nitrogens with zero attached hydrogens (tertiary/aromatic N) is 1. The lowest BCUT2D eigenvalue weighted by Crippen LogP contribution is -2.55. The minimum absolute atomic E-state index is 0.0168. The largest absolute Gasteiger partial charge is 0.393 e. The number of morpholine rings is 1. The molecule has 0 spiro atoms. The van der Waals surface area contributed by atoms with E-state index in [1.54, 1.807) is 0 Å². The number of rotatable bonds is 2. The Morgan fingerprint density at radius 1 is 1.26 bits per heavy atom. The second-order valence-electron chi connectivity index (χ2n) is 6.82. The normalized spacial score (nSPS) is 31.7. The van der Waals surface area contributed by atoms with Crippen LogP contribution >= 0.6 is 0 Å². The van der Waals surface area contributed by atoms with E-state index in [9.17, 15) is 9.90 Å². The van der Waals surface area contributed by atoms with E-state index < -0.39 is 5.60 Å². The van der Waals surface area contributed by atoms with E-state index in [1.807, 2.05) is 42.2 Å². The van der Waals surface area contributed by atoms with E-state index >= 15 is 0 Å². The highest BCUT2D eigenvalue weighted by molar-refractivity contribution is 5.74. The molecular weight excluding hydrogens is 292 g/mol. The van der Waals surface area contributed by atoms with Gasteiger partial charge in [0.05, 0.1) is 19.3 Å². The van der Waals surface area contributed by atoms with Crippen LogP contribution in [0.25, 0.3) is 0 Å². The monoisotopic (exact) mass is 318 g/mol. The van der Waals surface area contributed by atoms with E-state index in [2.05, 4.69) is 5.32 Å². The van der Waals surface area contributed by atoms with Crippen molar-refractivity contribution in [3.05, 3.63) is 35.9 Å². The molecule has 2 aliphatic rings. The lowest BCUT2D eigenvalue weighted by atomic mass is 9.93. The number of hydrogen-bond donors (Lipinski definition) is 2. The molecule has 1 atom stereocenters. The smallest absolute Gasteiger partial charge is 0.317 e. The maximum Gasteiger partial charge on any atom is 0.317 e. The van der Waals surface area contributed by atoms with Crippen LogP contribution < -0.4 is 5.32 Å². The fourth-order valence-corrected chi connectivity index (χ4v) is 3.49. The van der Waals surface area contributed by atoms with Crippen LogP contribution in [-0.4, -0.2) is 47.9 Å². The molecular formula is C18H26N2O3. The summed E-state index contributed by atoms with van der Waals surface area (Å²) < 4.78 is 5.98. The first-order chi connectivity index (χ1) is 11.1. The van der Waals surface area contributed by atoms with E-state index in [0.29, 0.717) is 19.7 Å². The zero-order chi connectivity index (χ0) is 16.3. The molecule has 2 amide bonds. The highest BCUT2D eigenvalue weighted by Gasteiger charge is 2.36. The van der Waals surface area contributed by atoms with E-state index in [-0.39, 0.29) is 18.2 Å². The Kier molecular flexibility index (Phi) is 4.87. The summed E-state index contributed by atoms with van der Waals surface area (Å²) in [6.45, 7) is 3.75. The Hall–Kier alpha value is -1.59. The highest BCUT2D eigenvalue weighted by atomic mass is 16.5. The number of ether oxygens (including phenoxy) is 1. The quantitative estimate of drug-likeness (QED) is 0.879. The molecule has 1 aromatic carbocycles. The lowest BCUT2D eigenvalue weighted by molar-refractivity contribution is -0.0909. The molecule has 0 bridgehead atoms. The standard InChI is InChI=1S/C18H26N2O3/c1-18(14-5-3-2-4-6-14)13-20(11-12-23-18)17(22)19-15-7-9-16(21)10-8-15/h2-6,15-16,21H,7-13H2,1H3,(H,19,22). The Morgan fingerprint density at radius 3 is 2.65 bits per heavy atom. The second kappa shape index (κ2) is 6.89. The van der Waals surface area contributed by atoms with Gasteiger partial charge in [0.15, 0.2) is 0 Å². The number of hydrogen-bond acceptors (Lipinski definition) is 3. The molecule has 1 heterocycles. The molecule has 0 radical (unpaired) electrons. The molecule has 0 aromatic heterocycles. The third-order valence-corrected chi connectivity index (χ3v) is 4.97. The molecule has 5 heteroatoms. The molecule has 1 unspecified atom stereocenters. The first kappa shape index (κ1) is 16.3. The van der Waals surface area contributed by atoms with Gasteiger partial charge < -0.3 is 20.1 Å². The maximum atomic E-state index is 12.6. The molecule has 1 saturated heterocycles. The minimum atomic E-state index is -0.459. The van der Waals surface area contributed by atoms with Crippen LogP contribution in [0.4, 0.5) is 4.79 Å². The van der Waals surface area contributed by atoms with Gasteiger partial charge in [-0.3, -0.25) is 0 Å². The van der Waals surface area contributed by atoms with Gasteiger partial charge in [0.1, 0.15) is 5.60 Å². The Morgan fingerprint density at radius 2 is 1.96 bits per heavy atom. The number of urea groups is 1. The van der Waals surface area contributed by atoms with E-state index in [4.69, 9.17) is 4.74 Å². The molecule has 2 N–H and O–H groups in total. The molecule has 2 fully saturated rings. The van der Waals surface area contributed by atoms with Crippen molar-refractivity contribution in [3.8, 4) is 0 Å². The lowest BCUT2D eigenvalue weighted by Gasteiger charge is -2.41. The second-order valence-corrected chi connectivity index (χ2v) is 6.82. The summed E-state index contributed by atoms with van der Waals surface area (Å²) in [5.74, 6) is 0. The van der Waals surface area contributed by atoms with Crippen LogP contribution in [-0.2, 0) is 10.3 Å². The van der Waals surface area contributed by atoms with Crippen LogP contribution in [0.1, 0.15) is 38.2 Å². The highest BCUT2D eigenvalue weighted by Crippen LogP contribution is 2.29. The van der Waals surface area contributed by atoms with Crippen molar-refractivity contribution in [1.29, 1.82) is 0 Å². The van der Waals surface area contributed by atoms with Crippen molar-refractivity contribution in [1.82, 2.24) is 10.2 Å². The SMILES string of the molecule is CC1(c2ccccc2)CN(C(=O)NC2CCC(O)CC2)CCO1. The van der Waals surface area contributed by atoms with Crippen LogP contribution in [0.3, 0.4) is 0 Å². The first-order valence-corrected chi connectivity index (χ1v) is 8.50. The van der Waals surface area contributed by atoms with Gasteiger partial charge in [0.25, 0.3) is 0 Å². The summed E-state index contributed by atoms with van der Waals surface area (Å²) in [7, 11) is 0. The summed E-state index contributed by atoms with van der Waals surface area (Å²) >= 11 is 0. The Bertz CT molecular complexity index is 528. The molecule has 3 rings (SSSR count). The van der Waals surface area contributed by atoms with Crippen molar-refractivity contribution in [2.75, 3.05) is 19.7 Å². The van der Waals surface area contributed by atoms with Crippen molar-refractivity contribution in [2.24, 2.45) is 0 Å². The molecule has 1 aliphatic carbocycles.